The molecule has 0 amide bonds. The van der Waals surface area contributed by atoms with Gasteiger partial charge in [0.15, 0.2) is 0 Å². The van der Waals surface area contributed by atoms with E-state index in [0.29, 0.717) is 0 Å². The predicted octanol–water partition coefficient (Wildman–Crippen LogP) is 4.16. The van der Waals surface area contributed by atoms with Crippen molar-refractivity contribution in [3.63, 3.8) is 0 Å². The van der Waals surface area contributed by atoms with Crippen molar-refractivity contribution >= 4 is 22.7 Å². The Morgan fingerprint density at radius 1 is 0.947 bits per heavy atom. The molecule has 0 aliphatic heterocycles. The fraction of sp³-hybridized carbons (Fsp3) is 0.133. The van der Waals surface area contributed by atoms with E-state index in [2.05, 4.69) is 45.3 Å². The van der Waals surface area contributed by atoms with Gasteiger partial charge in [-0.2, -0.15) is 0 Å². The number of nitrogens with one attached hydrogen (secondary N) is 1. The van der Waals surface area contributed by atoms with E-state index in [1.54, 1.807) is 22.7 Å². The number of nitrogens with zero attached hydrogens (tertiary/aromatic N) is 1. The topological polar surface area (TPSA) is 24.9 Å². The Balaban J connectivity index is 1.59. The second-order valence-electron chi connectivity index (χ2n) is 4.18. The first kappa shape index (κ1) is 12.5. The average molecular weight is 286 g/mol. The van der Waals surface area contributed by atoms with Gasteiger partial charge in [0.1, 0.15) is 5.01 Å². The molecule has 0 bridgehead atoms. The van der Waals surface area contributed by atoms with E-state index in [9.17, 15) is 0 Å². The summed E-state index contributed by atoms with van der Waals surface area (Å²) < 4.78 is 0. The standard InChI is InChI=1S/C15H14N2S2/c1-2-5-12(6-3-1)14-11-19-15(17-14)10-16-9-13-7-4-8-18-13/h1-8,11,16H,9-10H2. The highest BCUT2D eigenvalue weighted by Gasteiger charge is 2.03. The lowest BCUT2D eigenvalue weighted by molar-refractivity contribution is 0.697. The summed E-state index contributed by atoms with van der Waals surface area (Å²) in [5.41, 5.74) is 2.25. The van der Waals surface area contributed by atoms with Gasteiger partial charge in [0.05, 0.1) is 5.69 Å². The Kier molecular flexibility index (Phi) is 4.03. The highest BCUT2D eigenvalue weighted by Crippen LogP contribution is 2.21. The van der Waals surface area contributed by atoms with Gasteiger partial charge in [0.25, 0.3) is 0 Å². The van der Waals surface area contributed by atoms with E-state index in [0.717, 1.165) is 23.8 Å². The predicted molar refractivity (Wildman–Crippen MR) is 82.4 cm³/mol. The molecule has 0 radical (unpaired) electrons. The summed E-state index contributed by atoms with van der Waals surface area (Å²) in [4.78, 5) is 6.02. The van der Waals surface area contributed by atoms with Gasteiger partial charge in [0.2, 0.25) is 0 Å². The summed E-state index contributed by atoms with van der Waals surface area (Å²) in [7, 11) is 0. The highest BCUT2D eigenvalue weighted by atomic mass is 32.1. The van der Waals surface area contributed by atoms with E-state index in [1.165, 1.54) is 10.4 Å². The molecular formula is C15H14N2S2. The molecular weight excluding hydrogens is 272 g/mol. The van der Waals surface area contributed by atoms with Crippen molar-refractivity contribution < 1.29 is 0 Å². The number of aromatic nitrogens is 1. The fourth-order valence-electron chi connectivity index (χ4n) is 1.84. The van der Waals surface area contributed by atoms with Crippen LogP contribution in [0.15, 0.2) is 53.2 Å². The minimum Gasteiger partial charge on any atom is -0.306 e. The molecule has 3 rings (SSSR count). The van der Waals surface area contributed by atoms with E-state index in [-0.39, 0.29) is 0 Å². The lowest BCUT2D eigenvalue weighted by atomic mass is 10.2. The number of rotatable bonds is 5. The van der Waals surface area contributed by atoms with Crippen molar-refractivity contribution in [3.05, 3.63) is 63.1 Å². The summed E-state index contributed by atoms with van der Waals surface area (Å²) >= 11 is 3.49. The van der Waals surface area contributed by atoms with Crippen LogP contribution >= 0.6 is 22.7 Å². The van der Waals surface area contributed by atoms with Crippen molar-refractivity contribution in [1.82, 2.24) is 10.3 Å². The van der Waals surface area contributed by atoms with E-state index >= 15 is 0 Å². The van der Waals surface area contributed by atoms with Gasteiger partial charge in [-0.3, -0.25) is 0 Å². The minimum atomic E-state index is 0.829. The summed E-state index contributed by atoms with van der Waals surface area (Å²) in [6, 6.07) is 14.5. The first-order valence-electron chi connectivity index (χ1n) is 6.15. The van der Waals surface area contributed by atoms with Crippen LogP contribution < -0.4 is 5.32 Å². The Morgan fingerprint density at radius 2 is 1.84 bits per heavy atom. The third-order valence-corrected chi connectivity index (χ3v) is 4.50. The normalized spacial score (nSPS) is 10.7. The van der Waals surface area contributed by atoms with E-state index < -0.39 is 0 Å². The Labute approximate surface area is 120 Å². The van der Waals surface area contributed by atoms with Crippen LogP contribution in [-0.2, 0) is 13.1 Å². The second-order valence-corrected chi connectivity index (χ2v) is 6.15. The molecule has 1 aromatic carbocycles. The van der Waals surface area contributed by atoms with Crippen molar-refractivity contribution in [2.24, 2.45) is 0 Å². The third-order valence-electron chi connectivity index (χ3n) is 2.78. The number of hydrogen-bond donors (Lipinski definition) is 1. The lowest BCUT2D eigenvalue weighted by Gasteiger charge is -1.99. The molecule has 19 heavy (non-hydrogen) atoms. The summed E-state index contributed by atoms with van der Waals surface area (Å²) in [6.45, 7) is 1.74. The molecule has 0 aliphatic rings. The van der Waals surface area contributed by atoms with Gasteiger partial charge in [0, 0.05) is 28.9 Å². The molecule has 0 fully saturated rings. The lowest BCUT2D eigenvalue weighted by Crippen LogP contribution is -2.11. The smallest absolute Gasteiger partial charge is 0.107 e. The van der Waals surface area contributed by atoms with Crippen LogP contribution in [0.5, 0.6) is 0 Å². The molecule has 0 atom stereocenters. The molecule has 2 heterocycles. The molecule has 2 aromatic heterocycles. The van der Waals surface area contributed by atoms with Crippen molar-refractivity contribution in [1.29, 1.82) is 0 Å². The molecule has 96 valence electrons. The van der Waals surface area contributed by atoms with Crippen molar-refractivity contribution in [2.75, 3.05) is 0 Å². The van der Waals surface area contributed by atoms with E-state index in [4.69, 9.17) is 0 Å². The molecule has 2 nitrogen and oxygen atoms in total. The first-order valence-corrected chi connectivity index (χ1v) is 7.91. The number of benzene rings is 1. The van der Waals surface area contributed by atoms with Crippen LogP contribution in [0.2, 0.25) is 0 Å². The van der Waals surface area contributed by atoms with Gasteiger partial charge in [-0.05, 0) is 11.4 Å². The molecule has 0 saturated carbocycles. The highest BCUT2D eigenvalue weighted by molar-refractivity contribution is 7.10. The van der Waals surface area contributed by atoms with Crippen molar-refractivity contribution in [2.45, 2.75) is 13.1 Å². The second kappa shape index (κ2) is 6.10. The molecule has 0 unspecified atom stereocenters. The number of thiazole rings is 1. The van der Waals surface area contributed by atoms with Gasteiger partial charge >= 0.3 is 0 Å². The SMILES string of the molecule is c1ccc(-c2csc(CNCc3cccs3)n2)cc1. The quantitative estimate of drug-likeness (QED) is 0.761. The molecule has 3 aromatic rings. The minimum absolute atomic E-state index is 0.829. The monoisotopic (exact) mass is 286 g/mol. The summed E-state index contributed by atoms with van der Waals surface area (Å²) in [5, 5.41) is 8.79. The van der Waals surface area contributed by atoms with Gasteiger partial charge < -0.3 is 5.32 Å². The molecule has 0 spiro atoms. The van der Waals surface area contributed by atoms with Crippen LogP contribution in [0.25, 0.3) is 11.3 Å². The number of hydrogen-bond acceptors (Lipinski definition) is 4. The molecule has 0 saturated heterocycles. The van der Waals surface area contributed by atoms with Crippen molar-refractivity contribution in [3.8, 4) is 11.3 Å². The van der Waals surface area contributed by atoms with Crippen LogP contribution in [0, 0.1) is 0 Å². The average Bonchev–Trinajstić information content (AvgIpc) is 3.11. The number of thiophene rings is 1. The largest absolute Gasteiger partial charge is 0.306 e. The Hall–Kier alpha value is -1.49. The van der Waals surface area contributed by atoms with Gasteiger partial charge in [-0.15, -0.1) is 22.7 Å². The van der Waals surface area contributed by atoms with Crippen LogP contribution in [-0.4, -0.2) is 4.98 Å². The summed E-state index contributed by atoms with van der Waals surface area (Å²) in [6.07, 6.45) is 0. The van der Waals surface area contributed by atoms with E-state index in [1.807, 2.05) is 18.2 Å². The molecule has 1 N–H and O–H groups in total. The zero-order valence-corrected chi connectivity index (χ0v) is 12.0. The maximum Gasteiger partial charge on any atom is 0.107 e. The third kappa shape index (κ3) is 3.29. The first-order chi connectivity index (χ1) is 9.42. The van der Waals surface area contributed by atoms with Gasteiger partial charge in [-0.1, -0.05) is 36.4 Å². The zero-order chi connectivity index (χ0) is 12.9. The maximum absolute atomic E-state index is 4.66. The fourth-order valence-corrected chi connectivity index (χ4v) is 3.29. The Bertz CT molecular complexity index is 615. The van der Waals surface area contributed by atoms with Crippen LogP contribution in [0.1, 0.15) is 9.88 Å². The summed E-state index contributed by atoms with van der Waals surface area (Å²) in [5.74, 6) is 0. The maximum atomic E-state index is 4.66. The molecule has 4 heteroatoms. The zero-order valence-electron chi connectivity index (χ0n) is 10.4. The van der Waals surface area contributed by atoms with Gasteiger partial charge in [-0.25, -0.2) is 4.98 Å². The van der Waals surface area contributed by atoms with Crippen LogP contribution in [0.4, 0.5) is 0 Å². The van der Waals surface area contributed by atoms with Crippen LogP contribution in [0.3, 0.4) is 0 Å². The molecule has 0 aliphatic carbocycles. The Morgan fingerprint density at radius 3 is 2.63 bits per heavy atom.